The lowest BCUT2D eigenvalue weighted by atomic mass is 10.0. The average molecular weight is 464 g/mol. The van der Waals surface area contributed by atoms with Crippen LogP contribution in [0.5, 0.6) is 0 Å². The molecule has 0 spiro atoms. The lowest BCUT2D eigenvalue weighted by molar-refractivity contribution is 0.813. The molecule has 0 atom stereocenters. The average Bonchev–Trinajstić information content (AvgIpc) is 2.80. The fraction of sp³-hybridized carbons (Fsp3) is 0.222. The van der Waals surface area contributed by atoms with Crippen molar-refractivity contribution in [3.8, 4) is 22.4 Å². The molecule has 0 aliphatic rings. The minimum atomic E-state index is 0.404. The molecule has 0 saturated heterocycles. The van der Waals surface area contributed by atoms with E-state index in [1.165, 1.54) is 5.56 Å². The Morgan fingerprint density at radius 2 is 1.38 bits per heavy atom. The van der Waals surface area contributed by atoms with Crippen molar-refractivity contribution in [1.29, 1.82) is 0 Å². The molecule has 0 aliphatic carbocycles. The summed E-state index contributed by atoms with van der Waals surface area (Å²) >= 11 is 11.8. The predicted octanol–water partition coefficient (Wildman–Crippen LogP) is 8.45. The Morgan fingerprint density at radius 1 is 0.625 bits per heavy atom. The molecule has 2 aromatic carbocycles. The molecule has 3 nitrogen and oxygen atoms in total. The third-order valence-corrected chi connectivity index (χ3v) is 5.47. The first-order chi connectivity index (χ1) is 15.3. The summed E-state index contributed by atoms with van der Waals surface area (Å²) in [6.07, 6.45) is 7.42. The molecule has 0 N–H and O–H groups in total. The van der Waals surface area contributed by atoms with Gasteiger partial charge in [0, 0.05) is 39.8 Å². The first-order valence-electron chi connectivity index (χ1n) is 10.6. The molecule has 0 fully saturated rings. The van der Waals surface area contributed by atoms with Gasteiger partial charge in [-0.3, -0.25) is 15.0 Å². The highest BCUT2D eigenvalue weighted by Gasteiger charge is 2.04. The maximum Gasteiger partial charge on any atom is 0.0885 e. The summed E-state index contributed by atoms with van der Waals surface area (Å²) in [5.74, 6) is 0.903. The number of pyridine rings is 1. The van der Waals surface area contributed by atoms with Gasteiger partial charge in [0.1, 0.15) is 0 Å². The number of hydrogen-bond donors (Lipinski definition) is 0. The number of rotatable bonds is 4. The Balaban J connectivity index is 0.000000181. The predicted molar refractivity (Wildman–Crippen MR) is 135 cm³/mol. The fourth-order valence-corrected chi connectivity index (χ4v) is 3.32. The van der Waals surface area contributed by atoms with Crippen molar-refractivity contribution in [2.24, 2.45) is 0 Å². The third kappa shape index (κ3) is 6.62. The van der Waals surface area contributed by atoms with Crippen molar-refractivity contribution in [2.75, 3.05) is 0 Å². The van der Waals surface area contributed by atoms with Crippen molar-refractivity contribution in [3.05, 3.63) is 101 Å². The van der Waals surface area contributed by atoms with Gasteiger partial charge in [0.2, 0.25) is 0 Å². The summed E-state index contributed by atoms with van der Waals surface area (Å²) < 4.78 is 0. The van der Waals surface area contributed by atoms with Crippen LogP contribution in [0.3, 0.4) is 0 Å². The molecule has 32 heavy (non-hydrogen) atoms. The summed E-state index contributed by atoms with van der Waals surface area (Å²) in [6.45, 7) is 8.54. The summed E-state index contributed by atoms with van der Waals surface area (Å²) in [6, 6.07) is 17.6. The van der Waals surface area contributed by atoms with Crippen molar-refractivity contribution >= 4 is 23.2 Å². The maximum absolute atomic E-state index is 5.93. The summed E-state index contributed by atoms with van der Waals surface area (Å²) in [5.41, 5.74) is 6.41. The molecule has 5 heteroatoms. The lowest BCUT2D eigenvalue weighted by Gasteiger charge is -2.07. The van der Waals surface area contributed by atoms with Gasteiger partial charge in [-0.25, -0.2) is 0 Å². The zero-order valence-electron chi connectivity index (χ0n) is 18.8. The molecule has 4 aromatic rings. The molecule has 2 aromatic heterocycles. The molecule has 0 saturated carbocycles. The largest absolute Gasteiger partial charge is 0.264 e. The molecule has 2 heterocycles. The Hall–Kier alpha value is -2.75. The van der Waals surface area contributed by atoms with Gasteiger partial charge in [-0.05, 0) is 53.3 Å². The van der Waals surface area contributed by atoms with E-state index >= 15 is 0 Å². The first-order valence-corrected chi connectivity index (χ1v) is 11.4. The Kier molecular flexibility index (Phi) is 8.38. The maximum atomic E-state index is 5.93. The van der Waals surface area contributed by atoms with Gasteiger partial charge in [-0.1, -0.05) is 75.2 Å². The van der Waals surface area contributed by atoms with Crippen LogP contribution in [0.1, 0.15) is 50.8 Å². The highest BCUT2D eigenvalue weighted by Crippen LogP contribution is 2.24. The summed E-state index contributed by atoms with van der Waals surface area (Å²) in [7, 11) is 0. The van der Waals surface area contributed by atoms with Crippen molar-refractivity contribution in [2.45, 2.75) is 39.5 Å². The number of hydrogen-bond acceptors (Lipinski definition) is 3. The van der Waals surface area contributed by atoms with Crippen LogP contribution in [0.2, 0.25) is 10.0 Å². The number of benzene rings is 2. The SMILES string of the molecule is CC(C)c1cnc(-c2cccc(Cl)c2)cn1.CC(C)c1cncc(-c2ccc(Cl)cc2)c1. The van der Waals surface area contributed by atoms with Gasteiger partial charge in [0.15, 0.2) is 0 Å². The Labute approximate surface area is 200 Å². The van der Waals surface area contributed by atoms with Crippen LogP contribution in [-0.2, 0) is 0 Å². The second-order valence-corrected chi connectivity index (χ2v) is 9.03. The quantitative estimate of drug-likeness (QED) is 0.304. The first kappa shape index (κ1) is 23.9. The van der Waals surface area contributed by atoms with Gasteiger partial charge in [-0.2, -0.15) is 0 Å². The normalized spacial score (nSPS) is 10.8. The fourth-order valence-electron chi connectivity index (χ4n) is 3.01. The second-order valence-electron chi connectivity index (χ2n) is 8.16. The zero-order chi connectivity index (χ0) is 23.1. The van der Waals surface area contributed by atoms with Gasteiger partial charge >= 0.3 is 0 Å². The molecular formula is C27H27Cl2N3. The highest BCUT2D eigenvalue weighted by molar-refractivity contribution is 6.31. The van der Waals surface area contributed by atoms with Crippen LogP contribution in [-0.4, -0.2) is 15.0 Å². The molecule has 164 valence electrons. The topological polar surface area (TPSA) is 38.7 Å². The molecule has 0 amide bonds. The van der Waals surface area contributed by atoms with Crippen molar-refractivity contribution in [3.63, 3.8) is 0 Å². The van der Waals surface area contributed by atoms with Crippen LogP contribution in [0.15, 0.2) is 79.4 Å². The number of aromatic nitrogens is 3. The van der Waals surface area contributed by atoms with Crippen molar-refractivity contribution < 1.29 is 0 Å². The van der Waals surface area contributed by atoms with E-state index in [4.69, 9.17) is 23.2 Å². The van der Waals surface area contributed by atoms with E-state index in [2.05, 4.69) is 48.7 Å². The number of nitrogens with zero attached hydrogens (tertiary/aromatic N) is 3. The van der Waals surface area contributed by atoms with Crippen LogP contribution in [0.4, 0.5) is 0 Å². The second kappa shape index (κ2) is 11.2. The zero-order valence-corrected chi connectivity index (χ0v) is 20.3. The lowest BCUT2D eigenvalue weighted by Crippen LogP contribution is -1.94. The Bertz CT molecular complexity index is 1140. The van der Waals surface area contributed by atoms with Gasteiger partial charge < -0.3 is 0 Å². The van der Waals surface area contributed by atoms with Crippen LogP contribution in [0.25, 0.3) is 22.4 Å². The molecule has 0 radical (unpaired) electrons. The Morgan fingerprint density at radius 3 is 1.97 bits per heavy atom. The van der Waals surface area contributed by atoms with E-state index in [9.17, 15) is 0 Å². The van der Waals surface area contributed by atoms with E-state index in [1.54, 1.807) is 6.20 Å². The minimum Gasteiger partial charge on any atom is -0.264 e. The van der Waals surface area contributed by atoms with Crippen LogP contribution in [0, 0.1) is 0 Å². The highest BCUT2D eigenvalue weighted by atomic mass is 35.5. The van der Waals surface area contributed by atoms with Crippen molar-refractivity contribution in [1.82, 2.24) is 15.0 Å². The molecule has 0 bridgehead atoms. The summed E-state index contributed by atoms with van der Waals surface area (Å²) in [5, 5.41) is 1.48. The monoisotopic (exact) mass is 463 g/mol. The van der Waals surface area contributed by atoms with Gasteiger partial charge in [0.25, 0.3) is 0 Å². The third-order valence-electron chi connectivity index (χ3n) is 4.99. The van der Waals surface area contributed by atoms with E-state index in [-0.39, 0.29) is 0 Å². The van der Waals surface area contributed by atoms with Gasteiger partial charge in [-0.15, -0.1) is 0 Å². The van der Waals surface area contributed by atoms with E-state index in [1.807, 2.05) is 67.1 Å². The van der Waals surface area contributed by atoms with E-state index in [0.29, 0.717) is 16.9 Å². The number of halogens is 2. The van der Waals surface area contributed by atoms with Crippen LogP contribution >= 0.6 is 23.2 Å². The molecular weight excluding hydrogens is 437 g/mol. The standard InChI is InChI=1S/C14H14ClN.C13H13ClN2/c1-10(2)12-7-13(9-16-8-12)11-3-5-14(15)6-4-11;1-9(2)12-7-16-13(8-15-12)10-4-3-5-11(14)6-10/h3-10H,1-2H3;3-9H,1-2H3. The van der Waals surface area contributed by atoms with Gasteiger partial charge in [0.05, 0.1) is 17.6 Å². The van der Waals surface area contributed by atoms with E-state index < -0.39 is 0 Å². The molecule has 4 rings (SSSR count). The summed E-state index contributed by atoms with van der Waals surface area (Å²) in [4.78, 5) is 13.0. The molecule has 0 unspecified atom stereocenters. The minimum absolute atomic E-state index is 0.404. The van der Waals surface area contributed by atoms with Crippen LogP contribution < -0.4 is 0 Å². The van der Waals surface area contributed by atoms with E-state index in [0.717, 1.165) is 33.1 Å². The molecule has 0 aliphatic heterocycles. The smallest absolute Gasteiger partial charge is 0.0885 e.